The Morgan fingerprint density at radius 1 is 1.37 bits per heavy atom. The van der Waals surface area contributed by atoms with Crippen molar-refractivity contribution < 1.29 is 4.52 Å². The molecule has 2 N–H and O–H groups in total. The maximum Gasteiger partial charge on any atom is 0.234 e. The molecule has 2 heterocycles. The second-order valence-electron chi connectivity index (χ2n) is 4.75. The van der Waals surface area contributed by atoms with Gasteiger partial charge >= 0.3 is 0 Å². The second-order valence-corrected chi connectivity index (χ2v) is 5.59. The first kappa shape index (κ1) is 12.8. The summed E-state index contributed by atoms with van der Waals surface area (Å²) in [6.45, 7) is 0.510. The molecule has 3 rings (SSSR count). The minimum atomic E-state index is -0.163. The van der Waals surface area contributed by atoms with Crippen LogP contribution in [0.2, 0.25) is 10.0 Å². The van der Waals surface area contributed by atoms with Crippen LogP contribution in [0.4, 0.5) is 0 Å². The van der Waals surface area contributed by atoms with Gasteiger partial charge in [0, 0.05) is 12.7 Å². The standard InChI is InChI=1S/C12H12Cl2N4O/c13-7-4-8(14)9(16-5-7)10-17-11(19-18-10)12(6-15)2-1-3-12/h4-5H,1-3,6,15H2. The Kier molecular flexibility index (Phi) is 3.20. The minimum absolute atomic E-state index is 0.163. The van der Waals surface area contributed by atoms with Gasteiger partial charge in [-0.1, -0.05) is 34.8 Å². The van der Waals surface area contributed by atoms with Crippen molar-refractivity contribution in [3.8, 4) is 11.5 Å². The molecule has 0 aromatic carbocycles. The van der Waals surface area contributed by atoms with Gasteiger partial charge in [0.1, 0.15) is 5.69 Å². The van der Waals surface area contributed by atoms with Crippen molar-refractivity contribution in [3.63, 3.8) is 0 Å². The van der Waals surface area contributed by atoms with Gasteiger partial charge in [-0.25, -0.2) is 4.98 Å². The van der Waals surface area contributed by atoms with E-state index in [0.717, 1.165) is 19.3 Å². The van der Waals surface area contributed by atoms with Crippen molar-refractivity contribution in [2.75, 3.05) is 6.54 Å². The molecule has 0 unspecified atom stereocenters. The first-order valence-corrected chi connectivity index (χ1v) is 6.76. The lowest BCUT2D eigenvalue weighted by atomic mass is 9.69. The fourth-order valence-electron chi connectivity index (χ4n) is 2.22. The molecular weight excluding hydrogens is 287 g/mol. The van der Waals surface area contributed by atoms with E-state index in [1.54, 1.807) is 6.07 Å². The van der Waals surface area contributed by atoms with Gasteiger partial charge < -0.3 is 10.3 Å². The Morgan fingerprint density at radius 3 is 2.74 bits per heavy atom. The number of pyridine rings is 1. The van der Waals surface area contributed by atoms with Gasteiger partial charge in [0.2, 0.25) is 11.7 Å². The monoisotopic (exact) mass is 298 g/mol. The Morgan fingerprint density at radius 2 is 2.16 bits per heavy atom. The largest absolute Gasteiger partial charge is 0.338 e. The van der Waals surface area contributed by atoms with Gasteiger partial charge in [0.25, 0.3) is 0 Å². The van der Waals surface area contributed by atoms with Crippen LogP contribution in [0.15, 0.2) is 16.8 Å². The zero-order valence-electron chi connectivity index (χ0n) is 10.1. The molecule has 0 spiro atoms. The zero-order chi connectivity index (χ0) is 13.5. The van der Waals surface area contributed by atoms with Gasteiger partial charge in [0.05, 0.1) is 15.5 Å². The van der Waals surface area contributed by atoms with E-state index in [0.29, 0.717) is 34.0 Å². The quantitative estimate of drug-likeness (QED) is 0.943. The lowest BCUT2D eigenvalue weighted by molar-refractivity contribution is 0.182. The summed E-state index contributed by atoms with van der Waals surface area (Å²) in [4.78, 5) is 8.52. The van der Waals surface area contributed by atoms with E-state index < -0.39 is 0 Å². The van der Waals surface area contributed by atoms with Gasteiger partial charge in [-0.05, 0) is 18.9 Å². The van der Waals surface area contributed by atoms with E-state index >= 15 is 0 Å². The first-order valence-electron chi connectivity index (χ1n) is 6.00. The Balaban J connectivity index is 1.97. The lowest BCUT2D eigenvalue weighted by Crippen LogP contribution is -2.41. The first-order chi connectivity index (χ1) is 9.14. The number of rotatable bonds is 3. The van der Waals surface area contributed by atoms with Crippen molar-refractivity contribution in [1.82, 2.24) is 15.1 Å². The zero-order valence-corrected chi connectivity index (χ0v) is 11.6. The number of nitrogens with zero attached hydrogens (tertiary/aromatic N) is 3. The summed E-state index contributed by atoms with van der Waals surface area (Å²) in [5.41, 5.74) is 6.11. The summed E-state index contributed by atoms with van der Waals surface area (Å²) in [5, 5.41) is 4.81. The maximum absolute atomic E-state index is 6.08. The molecule has 0 atom stereocenters. The predicted octanol–water partition coefficient (Wildman–Crippen LogP) is 2.82. The fourth-order valence-corrected chi connectivity index (χ4v) is 2.69. The van der Waals surface area contributed by atoms with E-state index in [2.05, 4.69) is 15.1 Å². The summed E-state index contributed by atoms with van der Waals surface area (Å²) in [7, 11) is 0. The molecule has 1 fully saturated rings. The summed E-state index contributed by atoms with van der Waals surface area (Å²) < 4.78 is 5.33. The van der Waals surface area contributed by atoms with Crippen molar-refractivity contribution in [1.29, 1.82) is 0 Å². The molecule has 2 aromatic rings. The maximum atomic E-state index is 6.08. The highest BCUT2D eigenvalue weighted by Gasteiger charge is 2.42. The van der Waals surface area contributed by atoms with E-state index in [1.165, 1.54) is 6.20 Å². The summed E-state index contributed by atoms with van der Waals surface area (Å²) >= 11 is 11.9. The molecular formula is C12H12Cl2N4O. The third kappa shape index (κ3) is 2.12. The normalized spacial score (nSPS) is 17.2. The second kappa shape index (κ2) is 4.74. The molecule has 0 aliphatic heterocycles. The van der Waals surface area contributed by atoms with Crippen LogP contribution in [0.25, 0.3) is 11.5 Å². The van der Waals surface area contributed by atoms with Gasteiger partial charge in [-0.2, -0.15) is 4.98 Å². The van der Waals surface area contributed by atoms with Crippen LogP contribution >= 0.6 is 23.2 Å². The fraction of sp³-hybridized carbons (Fsp3) is 0.417. The Hall–Kier alpha value is -1.17. The smallest absolute Gasteiger partial charge is 0.234 e. The molecule has 0 saturated heterocycles. The highest BCUT2D eigenvalue weighted by molar-refractivity contribution is 6.35. The van der Waals surface area contributed by atoms with Crippen LogP contribution < -0.4 is 5.73 Å². The number of halogens is 2. The predicted molar refractivity (Wildman–Crippen MR) is 72.1 cm³/mol. The van der Waals surface area contributed by atoms with Gasteiger partial charge in [0.15, 0.2) is 0 Å². The molecule has 1 saturated carbocycles. The SMILES string of the molecule is NCC1(c2nc(-c3ncc(Cl)cc3Cl)no2)CCC1. The van der Waals surface area contributed by atoms with Crippen LogP contribution in [0, 0.1) is 0 Å². The van der Waals surface area contributed by atoms with Crippen LogP contribution in [-0.2, 0) is 5.41 Å². The third-order valence-electron chi connectivity index (χ3n) is 3.60. The van der Waals surface area contributed by atoms with Crippen LogP contribution in [-0.4, -0.2) is 21.7 Å². The van der Waals surface area contributed by atoms with Crippen molar-refractivity contribution >= 4 is 23.2 Å². The molecule has 7 heteroatoms. The Labute approximate surface area is 120 Å². The topological polar surface area (TPSA) is 77.8 Å². The van der Waals surface area contributed by atoms with E-state index in [-0.39, 0.29) is 5.41 Å². The highest BCUT2D eigenvalue weighted by Crippen LogP contribution is 2.42. The summed E-state index contributed by atoms with van der Waals surface area (Å²) in [6.07, 6.45) is 4.59. The van der Waals surface area contributed by atoms with Crippen LogP contribution in [0.3, 0.4) is 0 Å². The molecule has 1 aliphatic rings. The molecule has 0 bridgehead atoms. The van der Waals surface area contributed by atoms with Crippen molar-refractivity contribution in [2.24, 2.45) is 5.73 Å². The molecule has 0 radical (unpaired) electrons. The van der Waals surface area contributed by atoms with Crippen molar-refractivity contribution in [3.05, 3.63) is 28.2 Å². The van der Waals surface area contributed by atoms with E-state index in [1.807, 2.05) is 0 Å². The lowest BCUT2D eigenvalue weighted by Gasteiger charge is -2.36. The summed E-state index contributed by atoms with van der Waals surface area (Å²) in [5.74, 6) is 0.945. The minimum Gasteiger partial charge on any atom is -0.338 e. The molecule has 1 aliphatic carbocycles. The number of nitrogens with two attached hydrogens (primary N) is 1. The van der Waals surface area contributed by atoms with Crippen LogP contribution in [0.5, 0.6) is 0 Å². The molecule has 19 heavy (non-hydrogen) atoms. The molecule has 2 aromatic heterocycles. The number of hydrogen-bond donors (Lipinski definition) is 1. The highest BCUT2D eigenvalue weighted by atomic mass is 35.5. The number of aromatic nitrogens is 3. The molecule has 5 nitrogen and oxygen atoms in total. The number of hydrogen-bond acceptors (Lipinski definition) is 5. The van der Waals surface area contributed by atoms with E-state index in [9.17, 15) is 0 Å². The molecule has 0 amide bonds. The third-order valence-corrected chi connectivity index (χ3v) is 4.10. The Bertz CT molecular complexity index is 604. The van der Waals surface area contributed by atoms with Crippen molar-refractivity contribution in [2.45, 2.75) is 24.7 Å². The van der Waals surface area contributed by atoms with Gasteiger partial charge in [-0.3, -0.25) is 0 Å². The molecule has 100 valence electrons. The average Bonchev–Trinajstić information content (AvgIpc) is 2.78. The summed E-state index contributed by atoms with van der Waals surface area (Å²) in [6, 6.07) is 1.60. The van der Waals surface area contributed by atoms with Gasteiger partial charge in [-0.15, -0.1) is 0 Å². The van der Waals surface area contributed by atoms with E-state index in [4.69, 9.17) is 33.5 Å². The average molecular weight is 299 g/mol. The van der Waals surface area contributed by atoms with Crippen LogP contribution in [0.1, 0.15) is 25.2 Å².